The van der Waals surface area contributed by atoms with Gasteiger partial charge in [-0.25, -0.2) is 4.79 Å². The Bertz CT molecular complexity index is 755. The van der Waals surface area contributed by atoms with E-state index in [1.165, 1.54) is 44.9 Å². The van der Waals surface area contributed by atoms with Crippen molar-refractivity contribution in [2.45, 2.75) is 76.3 Å². The molecule has 1 aromatic heterocycles. The minimum atomic E-state index is 0.0561. The Morgan fingerprint density at radius 3 is 2.56 bits per heavy atom. The van der Waals surface area contributed by atoms with Crippen LogP contribution in [0, 0.1) is 0 Å². The zero-order valence-electron chi connectivity index (χ0n) is 15.5. The van der Waals surface area contributed by atoms with Crippen LogP contribution >= 0.6 is 0 Å². The number of fused-ring (bicyclic) bond motifs is 1. The fourth-order valence-electron chi connectivity index (χ4n) is 5.43. The number of nitrogens with zero attached hydrogens (tertiary/aromatic N) is 2. The largest absolute Gasteiger partial charge is 0.326 e. The molecule has 2 heterocycles. The third kappa shape index (κ3) is 3.05. The molecule has 2 aromatic rings. The molecule has 1 saturated carbocycles. The molecule has 1 aliphatic heterocycles. The van der Waals surface area contributed by atoms with Crippen LogP contribution in [0.15, 0.2) is 29.1 Å². The highest BCUT2D eigenvalue weighted by molar-refractivity contribution is 5.75. The van der Waals surface area contributed by atoms with Gasteiger partial charge in [-0.05, 0) is 44.2 Å². The summed E-state index contributed by atoms with van der Waals surface area (Å²) in [5.41, 5.74) is 2.53. The van der Waals surface area contributed by atoms with Gasteiger partial charge in [-0.1, -0.05) is 44.7 Å². The van der Waals surface area contributed by atoms with Crippen LogP contribution in [0.4, 0.5) is 0 Å². The van der Waals surface area contributed by atoms with Crippen molar-refractivity contribution in [2.24, 2.45) is 0 Å². The number of H-pyrrole nitrogens is 1. The first-order chi connectivity index (χ1) is 12.2. The van der Waals surface area contributed by atoms with Gasteiger partial charge in [-0.15, -0.1) is 0 Å². The predicted octanol–water partition coefficient (Wildman–Crippen LogP) is 4.47. The molecule has 1 N–H and O–H groups in total. The van der Waals surface area contributed by atoms with E-state index < -0.39 is 0 Å². The Morgan fingerprint density at radius 1 is 1.12 bits per heavy atom. The minimum Gasteiger partial charge on any atom is -0.306 e. The first-order valence-electron chi connectivity index (χ1n) is 10.2. The normalized spacial score (nSPS) is 22.4. The number of piperidine rings is 1. The summed E-state index contributed by atoms with van der Waals surface area (Å²) in [7, 11) is 0. The molecule has 1 aliphatic carbocycles. The van der Waals surface area contributed by atoms with Crippen molar-refractivity contribution < 1.29 is 0 Å². The molecule has 0 amide bonds. The van der Waals surface area contributed by atoms with Gasteiger partial charge in [0.1, 0.15) is 0 Å². The second-order valence-electron chi connectivity index (χ2n) is 8.07. The number of hydrogen-bond donors (Lipinski definition) is 1. The second kappa shape index (κ2) is 6.99. The Hall–Kier alpha value is -1.55. The van der Waals surface area contributed by atoms with Gasteiger partial charge < -0.3 is 4.98 Å². The highest BCUT2D eigenvalue weighted by Gasteiger charge is 2.39. The zero-order chi connectivity index (χ0) is 17.3. The average molecular weight is 341 g/mol. The predicted molar refractivity (Wildman–Crippen MR) is 103 cm³/mol. The molecule has 2 aliphatic rings. The quantitative estimate of drug-likeness (QED) is 0.891. The van der Waals surface area contributed by atoms with Gasteiger partial charge in [0, 0.05) is 24.7 Å². The van der Waals surface area contributed by atoms with Crippen LogP contribution in [-0.4, -0.2) is 33.1 Å². The summed E-state index contributed by atoms with van der Waals surface area (Å²) in [5, 5.41) is 0. The number of likely N-dealkylation sites (tertiary alicyclic amines) is 1. The van der Waals surface area contributed by atoms with Gasteiger partial charge in [0.2, 0.25) is 0 Å². The van der Waals surface area contributed by atoms with Crippen molar-refractivity contribution in [3.8, 4) is 0 Å². The molecule has 0 spiro atoms. The first kappa shape index (κ1) is 16.9. The molecule has 0 unspecified atom stereocenters. The molecule has 0 radical (unpaired) electrons. The lowest BCUT2D eigenvalue weighted by molar-refractivity contribution is 0.0152. The van der Waals surface area contributed by atoms with Crippen LogP contribution < -0.4 is 5.69 Å². The topological polar surface area (TPSA) is 41.0 Å². The third-order valence-corrected chi connectivity index (χ3v) is 6.62. The Kier molecular flexibility index (Phi) is 4.72. The number of aromatic amines is 1. The lowest BCUT2D eigenvalue weighted by Gasteiger charge is -2.49. The smallest absolute Gasteiger partial charge is 0.306 e. The van der Waals surface area contributed by atoms with Crippen LogP contribution in [0.2, 0.25) is 0 Å². The van der Waals surface area contributed by atoms with E-state index in [2.05, 4.69) is 22.9 Å². The maximum Gasteiger partial charge on any atom is 0.326 e. The Labute approximate surface area is 150 Å². The van der Waals surface area contributed by atoms with E-state index in [0.29, 0.717) is 11.6 Å². The summed E-state index contributed by atoms with van der Waals surface area (Å²) < 4.78 is 2.01. The van der Waals surface area contributed by atoms with Crippen molar-refractivity contribution in [3.05, 3.63) is 34.7 Å². The van der Waals surface area contributed by atoms with Crippen LogP contribution in [0.1, 0.15) is 70.8 Å². The Balaban J connectivity index is 1.52. The molecule has 1 aromatic carbocycles. The molecule has 25 heavy (non-hydrogen) atoms. The molecule has 4 nitrogen and oxygen atoms in total. The fraction of sp³-hybridized carbons (Fsp3) is 0.667. The molecule has 0 bridgehead atoms. The van der Waals surface area contributed by atoms with Crippen molar-refractivity contribution in [3.63, 3.8) is 0 Å². The first-order valence-corrected chi connectivity index (χ1v) is 10.2. The van der Waals surface area contributed by atoms with Gasteiger partial charge in [0.15, 0.2) is 0 Å². The molecule has 0 atom stereocenters. The van der Waals surface area contributed by atoms with Gasteiger partial charge in [-0.3, -0.25) is 9.47 Å². The molecule has 1 saturated heterocycles. The van der Waals surface area contributed by atoms with Crippen molar-refractivity contribution in [1.82, 2.24) is 14.5 Å². The van der Waals surface area contributed by atoms with Crippen molar-refractivity contribution in [1.29, 1.82) is 0 Å². The van der Waals surface area contributed by atoms with E-state index in [1.807, 2.05) is 22.8 Å². The summed E-state index contributed by atoms with van der Waals surface area (Å²) >= 11 is 0. The fourth-order valence-corrected chi connectivity index (χ4v) is 5.43. The average Bonchev–Trinajstić information content (AvgIpc) is 2.98. The van der Waals surface area contributed by atoms with Crippen LogP contribution in [0.3, 0.4) is 0 Å². The lowest BCUT2D eigenvalue weighted by Crippen LogP contribution is -2.53. The third-order valence-electron chi connectivity index (χ3n) is 6.62. The summed E-state index contributed by atoms with van der Waals surface area (Å²) in [4.78, 5) is 18.3. The van der Waals surface area contributed by atoms with Crippen molar-refractivity contribution in [2.75, 3.05) is 13.1 Å². The molecular formula is C21H31N3O. The van der Waals surface area contributed by atoms with Crippen LogP contribution in [0.5, 0.6) is 0 Å². The highest BCUT2D eigenvalue weighted by atomic mass is 16.1. The number of hydrogen-bond acceptors (Lipinski definition) is 2. The van der Waals surface area contributed by atoms with Crippen LogP contribution in [-0.2, 0) is 0 Å². The van der Waals surface area contributed by atoms with E-state index in [4.69, 9.17) is 0 Å². The number of nitrogens with one attached hydrogen (secondary N) is 1. The monoisotopic (exact) mass is 341 g/mol. The number of para-hydroxylation sites is 2. The molecule has 4 heteroatoms. The van der Waals surface area contributed by atoms with Gasteiger partial charge >= 0.3 is 5.69 Å². The molecule has 2 fully saturated rings. The standard InChI is InChI=1S/C21H31N3O/c1-2-12-21(13-6-3-7-14-21)23-15-10-17(11-16-23)24-19-9-5-4-8-18(19)22-20(24)25/h4-5,8-9,17H,2-3,6-7,10-16H2,1H3,(H,22,25). The number of imidazole rings is 1. The van der Waals surface area contributed by atoms with Gasteiger partial charge in [0.25, 0.3) is 0 Å². The minimum absolute atomic E-state index is 0.0561. The van der Waals surface area contributed by atoms with Gasteiger partial charge in [-0.2, -0.15) is 0 Å². The second-order valence-corrected chi connectivity index (χ2v) is 8.07. The van der Waals surface area contributed by atoms with Crippen LogP contribution in [0.25, 0.3) is 11.0 Å². The van der Waals surface area contributed by atoms with E-state index in [9.17, 15) is 4.79 Å². The summed E-state index contributed by atoms with van der Waals surface area (Å²) in [6.45, 7) is 4.60. The molecule has 136 valence electrons. The highest BCUT2D eigenvalue weighted by Crippen LogP contribution is 2.40. The zero-order valence-corrected chi connectivity index (χ0v) is 15.5. The van der Waals surface area contributed by atoms with E-state index >= 15 is 0 Å². The van der Waals surface area contributed by atoms with E-state index in [-0.39, 0.29) is 5.69 Å². The van der Waals surface area contributed by atoms with Gasteiger partial charge in [0.05, 0.1) is 11.0 Å². The van der Waals surface area contributed by atoms with Crippen molar-refractivity contribution >= 4 is 11.0 Å². The summed E-state index contributed by atoms with van der Waals surface area (Å²) in [6, 6.07) is 8.42. The number of aromatic nitrogens is 2. The Morgan fingerprint density at radius 2 is 1.84 bits per heavy atom. The SMILES string of the molecule is CCCC1(N2CCC(n3c(=O)[nH]c4ccccc43)CC2)CCCCC1. The maximum atomic E-state index is 12.5. The summed E-state index contributed by atoms with van der Waals surface area (Å²) in [6.07, 6.45) is 11.7. The van der Waals surface area contributed by atoms with E-state index in [0.717, 1.165) is 37.0 Å². The maximum absolute atomic E-state index is 12.5. The molecular weight excluding hydrogens is 310 g/mol. The number of rotatable bonds is 4. The molecule has 4 rings (SSSR count). The number of benzene rings is 1. The summed E-state index contributed by atoms with van der Waals surface area (Å²) in [5.74, 6) is 0. The van der Waals surface area contributed by atoms with E-state index in [1.54, 1.807) is 0 Å². The lowest BCUT2D eigenvalue weighted by atomic mass is 9.76.